The smallest absolute Gasteiger partial charge is 0.122 e. The number of ether oxygens (including phenoxy) is 2. The lowest BCUT2D eigenvalue weighted by Crippen LogP contribution is -2.05. The molecule has 0 aromatic heterocycles. The summed E-state index contributed by atoms with van der Waals surface area (Å²) in [6, 6.07) is 16.3. The number of nitrogens with zero attached hydrogens (tertiary/aromatic N) is 1. The van der Waals surface area contributed by atoms with E-state index in [0.29, 0.717) is 19.6 Å². The predicted octanol–water partition coefficient (Wildman–Crippen LogP) is 4.78. The average molecular weight is 309 g/mol. The molecule has 23 heavy (non-hydrogen) atoms. The minimum absolute atomic E-state index is 0.171. The summed E-state index contributed by atoms with van der Waals surface area (Å²) in [5.41, 5.74) is 3.29. The maximum Gasteiger partial charge on any atom is 0.122 e. The van der Waals surface area contributed by atoms with E-state index >= 15 is 0 Å². The molecule has 0 aliphatic heterocycles. The van der Waals surface area contributed by atoms with Crippen molar-refractivity contribution in [2.24, 2.45) is 0 Å². The van der Waals surface area contributed by atoms with Crippen molar-refractivity contribution >= 4 is 0 Å². The Labute approximate surface area is 138 Å². The van der Waals surface area contributed by atoms with E-state index < -0.39 is 0 Å². The average Bonchev–Trinajstić information content (AvgIpc) is 2.56. The van der Waals surface area contributed by atoms with Crippen molar-refractivity contribution in [3.05, 3.63) is 59.2 Å². The number of hydrogen-bond acceptors (Lipinski definition) is 3. The van der Waals surface area contributed by atoms with Crippen molar-refractivity contribution in [2.45, 2.75) is 33.1 Å². The first-order valence-corrected chi connectivity index (χ1v) is 7.96. The molecule has 0 spiro atoms. The molecule has 1 unspecified atom stereocenters. The van der Waals surface area contributed by atoms with Gasteiger partial charge in [-0.2, -0.15) is 5.26 Å². The zero-order valence-corrected chi connectivity index (χ0v) is 14.0. The highest BCUT2D eigenvalue weighted by Crippen LogP contribution is 2.24. The second-order valence-electron chi connectivity index (χ2n) is 5.59. The third-order valence-corrected chi connectivity index (χ3v) is 3.76. The maximum absolute atomic E-state index is 9.41. The maximum atomic E-state index is 9.41. The van der Waals surface area contributed by atoms with Crippen LogP contribution in [0.2, 0.25) is 0 Å². The largest absolute Gasteiger partial charge is 0.494 e. The fourth-order valence-corrected chi connectivity index (χ4v) is 2.42. The molecular formula is C20H23NO2. The van der Waals surface area contributed by atoms with Crippen molar-refractivity contribution in [1.29, 1.82) is 5.26 Å². The third-order valence-electron chi connectivity index (χ3n) is 3.76. The summed E-state index contributed by atoms with van der Waals surface area (Å²) in [6.45, 7) is 7.20. The Bertz CT molecular complexity index is 671. The van der Waals surface area contributed by atoms with Crippen molar-refractivity contribution < 1.29 is 9.47 Å². The molecule has 3 heteroatoms. The van der Waals surface area contributed by atoms with E-state index in [-0.39, 0.29) is 5.92 Å². The molecule has 0 radical (unpaired) electrons. The minimum atomic E-state index is -0.171. The molecule has 1 atom stereocenters. The second-order valence-corrected chi connectivity index (χ2v) is 5.59. The molecule has 0 aliphatic carbocycles. The van der Waals surface area contributed by atoms with Crippen molar-refractivity contribution in [1.82, 2.24) is 0 Å². The first kappa shape index (κ1) is 16.9. The van der Waals surface area contributed by atoms with Crippen LogP contribution in [0.4, 0.5) is 0 Å². The van der Waals surface area contributed by atoms with Gasteiger partial charge in [0, 0.05) is 6.42 Å². The van der Waals surface area contributed by atoms with E-state index in [4.69, 9.17) is 9.47 Å². The van der Waals surface area contributed by atoms with Gasteiger partial charge < -0.3 is 9.47 Å². The van der Waals surface area contributed by atoms with Gasteiger partial charge in [0.2, 0.25) is 0 Å². The summed E-state index contributed by atoms with van der Waals surface area (Å²) >= 11 is 0. The Morgan fingerprint density at radius 2 is 1.78 bits per heavy atom. The van der Waals surface area contributed by atoms with Crippen LogP contribution >= 0.6 is 0 Å². The molecule has 2 aromatic rings. The van der Waals surface area contributed by atoms with Crippen LogP contribution in [0.25, 0.3) is 0 Å². The van der Waals surface area contributed by atoms with Gasteiger partial charge in [-0.15, -0.1) is 0 Å². The number of aryl methyl sites for hydroxylation is 2. The fraction of sp³-hybridized carbons (Fsp3) is 0.350. The molecule has 0 fully saturated rings. The second kappa shape index (κ2) is 8.24. The first-order valence-electron chi connectivity index (χ1n) is 7.96. The van der Waals surface area contributed by atoms with E-state index in [0.717, 1.165) is 22.6 Å². The van der Waals surface area contributed by atoms with Crippen LogP contribution in [0.5, 0.6) is 11.5 Å². The molecule has 2 rings (SSSR count). The molecule has 0 saturated heterocycles. The van der Waals surface area contributed by atoms with Gasteiger partial charge in [-0.1, -0.05) is 24.3 Å². The topological polar surface area (TPSA) is 42.2 Å². The zero-order chi connectivity index (χ0) is 16.7. The van der Waals surface area contributed by atoms with Gasteiger partial charge in [0.15, 0.2) is 0 Å². The lowest BCUT2D eigenvalue weighted by Gasteiger charge is -2.13. The third kappa shape index (κ3) is 4.75. The number of hydrogen-bond donors (Lipinski definition) is 0. The summed E-state index contributed by atoms with van der Waals surface area (Å²) in [4.78, 5) is 0. The van der Waals surface area contributed by atoms with Crippen LogP contribution in [0.15, 0.2) is 42.5 Å². The molecule has 0 heterocycles. The zero-order valence-electron chi connectivity index (χ0n) is 14.0. The predicted molar refractivity (Wildman–Crippen MR) is 92.0 cm³/mol. The van der Waals surface area contributed by atoms with Gasteiger partial charge >= 0.3 is 0 Å². The Morgan fingerprint density at radius 3 is 2.43 bits per heavy atom. The van der Waals surface area contributed by atoms with Gasteiger partial charge in [-0.3, -0.25) is 0 Å². The Hall–Kier alpha value is -2.47. The van der Waals surface area contributed by atoms with Crippen LogP contribution in [0.1, 0.15) is 36.0 Å². The van der Waals surface area contributed by atoms with E-state index in [9.17, 15) is 5.26 Å². The van der Waals surface area contributed by atoms with Crippen LogP contribution < -0.4 is 9.47 Å². The molecule has 0 saturated carbocycles. The Balaban J connectivity index is 1.94. The highest BCUT2D eigenvalue weighted by atomic mass is 16.5. The molecule has 3 nitrogen and oxygen atoms in total. The molecule has 120 valence electrons. The Kier molecular flexibility index (Phi) is 6.05. The number of benzene rings is 2. The van der Waals surface area contributed by atoms with Crippen molar-refractivity contribution in [2.75, 3.05) is 13.2 Å². The SMILES string of the molecule is CCOc1ccc(C(C#N)CCOc2cc(C)ccc2C)cc1. The minimum Gasteiger partial charge on any atom is -0.494 e. The summed E-state index contributed by atoms with van der Waals surface area (Å²) in [6.07, 6.45) is 0.665. The quantitative estimate of drug-likeness (QED) is 0.739. The molecular weight excluding hydrogens is 286 g/mol. The molecule has 0 amide bonds. The van der Waals surface area contributed by atoms with Crippen molar-refractivity contribution in [3.63, 3.8) is 0 Å². The van der Waals surface area contributed by atoms with Crippen LogP contribution in [0.3, 0.4) is 0 Å². The Morgan fingerprint density at radius 1 is 1.04 bits per heavy atom. The van der Waals surface area contributed by atoms with E-state index in [1.54, 1.807) is 0 Å². The van der Waals surface area contributed by atoms with Crippen molar-refractivity contribution in [3.8, 4) is 17.6 Å². The standard InChI is InChI=1S/C20H23NO2/c1-4-22-19-9-7-17(8-10-19)18(14-21)11-12-23-20-13-15(2)5-6-16(20)3/h5-10,13,18H,4,11-12H2,1-3H3. The van der Waals surface area contributed by atoms with E-state index in [1.165, 1.54) is 5.56 Å². The molecule has 0 N–H and O–H groups in total. The lowest BCUT2D eigenvalue weighted by atomic mass is 9.97. The molecule has 0 aliphatic rings. The van der Waals surface area contributed by atoms with E-state index in [2.05, 4.69) is 18.2 Å². The lowest BCUT2D eigenvalue weighted by molar-refractivity contribution is 0.303. The highest BCUT2D eigenvalue weighted by Gasteiger charge is 2.11. The fourth-order valence-electron chi connectivity index (χ4n) is 2.42. The summed E-state index contributed by atoms with van der Waals surface area (Å²) in [7, 11) is 0. The van der Waals surface area contributed by atoms with E-state index in [1.807, 2.05) is 51.1 Å². The monoisotopic (exact) mass is 309 g/mol. The molecule has 0 bridgehead atoms. The normalized spacial score (nSPS) is 11.6. The first-order chi connectivity index (χ1) is 11.1. The van der Waals surface area contributed by atoms with Gasteiger partial charge in [0.05, 0.1) is 25.2 Å². The van der Waals surface area contributed by atoms with Gasteiger partial charge in [0.25, 0.3) is 0 Å². The molecule has 2 aromatic carbocycles. The summed E-state index contributed by atoms with van der Waals surface area (Å²) in [5.74, 6) is 1.56. The number of rotatable bonds is 7. The van der Waals surface area contributed by atoms with Crippen LogP contribution in [0, 0.1) is 25.2 Å². The summed E-state index contributed by atoms with van der Waals surface area (Å²) in [5, 5.41) is 9.41. The van der Waals surface area contributed by atoms with Crippen LogP contribution in [-0.2, 0) is 0 Å². The van der Waals surface area contributed by atoms with Gasteiger partial charge in [-0.05, 0) is 55.7 Å². The number of nitriles is 1. The van der Waals surface area contributed by atoms with Gasteiger partial charge in [-0.25, -0.2) is 0 Å². The van der Waals surface area contributed by atoms with Crippen LogP contribution in [-0.4, -0.2) is 13.2 Å². The highest BCUT2D eigenvalue weighted by molar-refractivity contribution is 5.36. The van der Waals surface area contributed by atoms with Gasteiger partial charge in [0.1, 0.15) is 11.5 Å². The summed E-state index contributed by atoms with van der Waals surface area (Å²) < 4.78 is 11.3.